The van der Waals surface area contributed by atoms with Gasteiger partial charge in [-0.2, -0.15) is 4.98 Å². The Kier molecular flexibility index (Phi) is 3.49. The van der Waals surface area contributed by atoms with Gasteiger partial charge in [-0.05, 0) is 43.2 Å². The van der Waals surface area contributed by atoms with Crippen LogP contribution in [0.1, 0.15) is 16.8 Å². The second-order valence-corrected chi connectivity index (χ2v) is 5.36. The Balaban J connectivity index is 2.08. The summed E-state index contributed by atoms with van der Waals surface area (Å²) in [6.07, 6.45) is 1.99. The number of benzene rings is 1. The molecule has 0 amide bonds. The van der Waals surface area contributed by atoms with Gasteiger partial charge in [0.15, 0.2) is 0 Å². The summed E-state index contributed by atoms with van der Waals surface area (Å²) in [4.78, 5) is 4.56. The maximum absolute atomic E-state index is 6.04. The van der Waals surface area contributed by atoms with Crippen LogP contribution in [0.25, 0.3) is 5.65 Å². The number of hydrogen-bond donors (Lipinski definition) is 0. The Morgan fingerprint density at radius 3 is 2.85 bits per heavy atom. The van der Waals surface area contributed by atoms with Crippen LogP contribution >= 0.6 is 15.9 Å². The van der Waals surface area contributed by atoms with Crippen molar-refractivity contribution in [3.63, 3.8) is 0 Å². The van der Waals surface area contributed by atoms with Crippen molar-refractivity contribution in [3.05, 3.63) is 59.4 Å². The van der Waals surface area contributed by atoms with Gasteiger partial charge in [0.05, 0.1) is 5.69 Å². The molecule has 0 saturated carbocycles. The number of fused-ring (bicyclic) bond motifs is 1. The Morgan fingerprint density at radius 2 is 2.05 bits per heavy atom. The highest BCUT2D eigenvalue weighted by atomic mass is 79.9. The summed E-state index contributed by atoms with van der Waals surface area (Å²) in [5.41, 5.74) is 4.19. The normalized spacial score (nSPS) is 10.9. The third kappa shape index (κ3) is 2.31. The van der Waals surface area contributed by atoms with Crippen LogP contribution in [0.2, 0.25) is 0 Å². The van der Waals surface area contributed by atoms with E-state index in [1.165, 1.54) is 5.56 Å². The van der Waals surface area contributed by atoms with Gasteiger partial charge in [-0.25, -0.2) is 0 Å². The van der Waals surface area contributed by atoms with Gasteiger partial charge in [-0.3, -0.25) is 4.40 Å². The molecule has 0 atom stereocenters. The van der Waals surface area contributed by atoms with Gasteiger partial charge in [0.1, 0.15) is 11.4 Å². The molecule has 3 rings (SSSR count). The predicted octanol–water partition coefficient (Wildman–Crippen LogP) is 4.64. The topological polar surface area (TPSA) is 26.5 Å². The zero-order valence-corrected chi connectivity index (χ0v) is 13.0. The zero-order valence-electron chi connectivity index (χ0n) is 11.4. The molecule has 0 aliphatic rings. The Labute approximate surface area is 126 Å². The molecule has 0 bridgehead atoms. The number of aryl methyl sites for hydroxylation is 2. The molecule has 2 aromatic heterocycles. The minimum absolute atomic E-state index is 0.654. The van der Waals surface area contributed by atoms with Crippen molar-refractivity contribution >= 4 is 21.6 Å². The third-order valence-electron chi connectivity index (χ3n) is 3.27. The predicted molar refractivity (Wildman–Crippen MR) is 83.8 cm³/mol. The first-order valence-corrected chi connectivity index (χ1v) is 7.58. The summed E-state index contributed by atoms with van der Waals surface area (Å²) < 4.78 is 8.07. The largest absolute Gasteiger partial charge is 0.437 e. The second kappa shape index (κ2) is 5.29. The lowest BCUT2D eigenvalue weighted by molar-refractivity contribution is 0.458. The maximum Gasteiger partial charge on any atom is 0.242 e. The molecule has 0 N–H and O–H groups in total. The molecule has 0 unspecified atom stereocenters. The van der Waals surface area contributed by atoms with E-state index >= 15 is 0 Å². The molecular weight excluding hydrogens is 316 g/mol. The fourth-order valence-electron chi connectivity index (χ4n) is 2.15. The summed E-state index contributed by atoms with van der Waals surface area (Å²) in [5.74, 6) is 1.51. The number of ether oxygens (including phenoxy) is 1. The number of halogens is 1. The maximum atomic E-state index is 6.04. The molecule has 0 aliphatic carbocycles. The molecule has 102 valence electrons. The van der Waals surface area contributed by atoms with Crippen molar-refractivity contribution < 1.29 is 4.74 Å². The third-order valence-corrected chi connectivity index (χ3v) is 3.80. The van der Waals surface area contributed by atoms with Gasteiger partial charge in [-0.1, -0.05) is 34.1 Å². The number of nitrogens with zero attached hydrogens (tertiary/aromatic N) is 2. The second-order valence-electron chi connectivity index (χ2n) is 4.80. The van der Waals surface area contributed by atoms with Crippen molar-refractivity contribution in [3.8, 4) is 11.6 Å². The van der Waals surface area contributed by atoms with E-state index in [4.69, 9.17) is 4.74 Å². The van der Waals surface area contributed by atoms with Crippen LogP contribution in [0.15, 0.2) is 42.6 Å². The highest BCUT2D eigenvalue weighted by molar-refractivity contribution is 9.08. The van der Waals surface area contributed by atoms with Gasteiger partial charge < -0.3 is 4.74 Å². The van der Waals surface area contributed by atoms with Crippen LogP contribution in [-0.4, -0.2) is 9.38 Å². The Hall–Kier alpha value is -1.81. The molecule has 0 saturated heterocycles. The standard InChI is InChI=1S/C16H15BrN2O/c1-11-6-7-12(2)14(9-11)20-16-13(10-17)19-8-4-3-5-15(19)18-16/h3-9H,10H2,1-2H3. The fourth-order valence-corrected chi connectivity index (χ4v) is 2.66. The van der Waals surface area contributed by atoms with Crippen molar-refractivity contribution in [2.45, 2.75) is 19.2 Å². The average Bonchev–Trinajstić information content (AvgIpc) is 2.80. The molecule has 0 spiro atoms. The average molecular weight is 331 g/mol. The van der Waals surface area contributed by atoms with Crippen molar-refractivity contribution in [1.29, 1.82) is 0 Å². The monoisotopic (exact) mass is 330 g/mol. The van der Waals surface area contributed by atoms with Gasteiger partial charge in [0.2, 0.25) is 5.88 Å². The minimum atomic E-state index is 0.654. The number of imidazole rings is 1. The van der Waals surface area contributed by atoms with E-state index in [-0.39, 0.29) is 0 Å². The van der Waals surface area contributed by atoms with Crippen LogP contribution < -0.4 is 4.74 Å². The molecule has 2 heterocycles. The number of alkyl halides is 1. The first-order valence-electron chi connectivity index (χ1n) is 6.46. The smallest absolute Gasteiger partial charge is 0.242 e. The molecule has 0 radical (unpaired) electrons. The lowest BCUT2D eigenvalue weighted by Crippen LogP contribution is -1.93. The highest BCUT2D eigenvalue weighted by Crippen LogP contribution is 2.30. The first-order chi connectivity index (χ1) is 9.69. The number of pyridine rings is 1. The van der Waals surface area contributed by atoms with Crippen molar-refractivity contribution in [1.82, 2.24) is 9.38 Å². The lowest BCUT2D eigenvalue weighted by atomic mass is 10.1. The van der Waals surface area contributed by atoms with Crippen LogP contribution in [0, 0.1) is 13.8 Å². The van der Waals surface area contributed by atoms with Gasteiger partial charge >= 0.3 is 0 Å². The summed E-state index contributed by atoms with van der Waals surface area (Å²) in [7, 11) is 0. The molecule has 3 nitrogen and oxygen atoms in total. The van der Waals surface area contributed by atoms with Gasteiger partial charge in [0.25, 0.3) is 0 Å². The van der Waals surface area contributed by atoms with Crippen LogP contribution in [0.4, 0.5) is 0 Å². The van der Waals surface area contributed by atoms with Gasteiger partial charge in [-0.15, -0.1) is 0 Å². The van der Waals surface area contributed by atoms with E-state index in [1.807, 2.05) is 41.8 Å². The zero-order chi connectivity index (χ0) is 14.1. The van der Waals surface area contributed by atoms with E-state index < -0.39 is 0 Å². The van der Waals surface area contributed by atoms with E-state index in [0.29, 0.717) is 11.2 Å². The summed E-state index contributed by atoms with van der Waals surface area (Å²) in [6, 6.07) is 12.1. The number of hydrogen-bond acceptors (Lipinski definition) is 2. The summed E-state index contributed by atoms with van der Waals surface area (Å²) >= 11 is 3.51. The molecule has 4 heteroatoms. The molecule has 0 fully saturated rings. The van der Waals surface area contributed by atoms with Crippen LogP contribution in [-0.2, 0) is 5.33 Å². The molecule has 1 aromatic carbocycles. The fraction of sp³-hybridized carbons (Fsp3) is 0.188. The van der Waals surface area contributed by atoms with E-state index in [2.05, 4.69) is 40.0 Å². The first kappa shape index (κ1) is 13.2. The SMILES string of the molecule is Cc1ccc(C)c(Oc2nc3ccccn3c2CBr)c1. The Bertz CT molecular complexity index is 764. The number of rotatable bonds is 3. The van der Waals surface area contributed by atoms with Crippen LogP contribution in [0.5, 0.6) is 11.6 Å². The quantitative estimate of drug-likeness (QED) is 0.654. The van der Waals surface area contributed by atoms with E-state index in [1.54, 1.807) is 0 Å². The van der Waals surface area contributed by atoms with Gasteiger partial charge in [0, 0.05) is 11.5 Å². The van der Waals surface area contributed by atoms with Crippen LogP contribution in [0.3, 0.4) is 0 Å². The number of aromatic nitrogens is 2. The van der Waals surface area contributed by atoms with E-state index in [0.717, 1.165) is 22.7 Å². The molecule has 20 heavy (non-hydrogen) atoms. The summed E-state index contributed by atoms with van der Waals surface area (Å²) in [6.45, 7) is 4.10. The van der Waals surface area contributed by atoms with Crippen molar-refractivity contribution in [2.24, 2.45) is 0 Å². The van der Waals surface area contributed by atoms with E-state index in [9.17, 15) is 0 Å². The highest BCUT2D eigenvalue weighted by Gasteiger charge is 2.13. The van der Waals surface area contributed by atoms with Crippen molar-refractivity contribution in [2.75, 3.05) is 0 Å². The molecule has 3 aromatic rings. The molecule has 0 aliphatic heterocycles. The lowest BCUT2D eigenvalue weighted by Gasteiger charge is -2.08. The summed E-state index contributed by atoms with van der Waals surface area (Å²) in [5, 5.41) is 0.693. The minimum Gasteiger partial charge on any atom is -0.437 e. The molecular formula is C16H15BrN2O. The Morgan fingerprint density at radius 1 is 1.20 bits per heavy atom.